The molecule has 0 fully saturated rings. The lowest BCUT2D eigenvalue weighted by Gasteiger charge is -2.31. The third-order valence-electron chi connectivity index (χ3n) is 5.02. The Kier molecular flexibility index (Phi) is 5.57. The number of anilines is 1. The third kappa shape index (κ3) is 4.25. The summed E-state index contributed by atoms with van der Waals surface area (Å²) in [5.41, 5.74) is 2.94. The van der Waals surface area contributed by atoms with Crippen LogP contribution >= 0.6 is 23.2 Å². The standard InChI is InChI=1S/C20H14Cl2F4N6O/c1-19(15-6-14(20(24,25)26)31-32(15)8-16(27)30-19)11-5-10(2-3-13(11)23)29-18(33)17-12(22)4-9(21)7-28-17/h2-7H,8H2,1H3,(H2,27,30)(H,29,33). The maximum atomic E-state index is 14.9. The lowest BCUT2D eigenvalue weighted by Crippen LogP contribution is -2.37. The van der Waals surface area contributed by atoms with Gasteiger partial charge in [-0.05, 0) is 37.3 Å². The fourth-order valence-corrected chi connectivity index (χ4v) is 4.01. The number of hydrogen-bond acceptors (Lipinski definition) is 5. The molecule has 1 unspecified atom stereocenters. The Labute approximate surface area is 194 Å². The molecule has 0 spiro atoms. The van der Waals surface area contributed by atoms with E-state index in [1.54, 1.807) is 0 Å². The normalized spacial score (nSPS) is 18.0. The van der Waals surface area contributed by atoms with Crippen molar-refractivity contribution in [3.63, 3.8) is 0 Å². The second-order valence-corrected chi connectivity index (χ2v) is 8.22. The zero-order valence-electron chi connectivity index (χ0n) is 16.7. The number of carbonyl (C=O) groups excluding carboxylic acids is 1. The minimum Gasteiger partial charge on any atom is -0.386 e. The number of aromatic nitrogens is 3. The summed E-state index contributed by atoms with van der Waals surface area (Å²) in [6.45, 7) is 1.23. The van der Waals surface area contributed by atoms with Crippen LogP contribution in [0.5, 0.6) is 0 Å². The van der Waals surface area contributed by atoms with E-state index in [0.29, 0.717) is 0 Å². The molecule has 3 aromatic rings. The van der Waals surface area contributed by atoms with Crippen molar-refractivity contribution in [2.75, 3.05) is 5.32 Å². The average molecular weight is 501 g/mol. The summed E-state index contributed by atoms with van der Waals surface area (Å²) in [6.07, 6.45) is -3.47. The van der Waals surface area contributed by atoms with Crippen molar-refractivity contribution < 1.29 is 22.4 Å². The maximum absolute atomic E-state index is 14.9. The number of halogens is 6. The third-order valence-corrected chi connectivity index (χ3v) is 5.51. The fraction of sp³-hybridized carbons (Fsp3) is 0.200. The first-order valence-electron chi connectivity index (χ1n) is 9.30. The van der Waals surface area contributed by atoms with E-state index >= 15 is 0 Å². The first-order chi connectivity index (χ1) is 15.4. The van der Waals surface area contributed by atoms with Crippen LogP contribution in [0.15, 0.2) is 41.5 Å². The van der Waals surface area contributed by atoms with Crippen LogP contribution in [0.1, 0.15) is 34.4 Å². The van der Waals surface area contributed by atoms with Gasteiger partial charge in [-0.25, -0.2) is 9.37 Å². The zero-order valence-corrected chi connectivity index (χ0v) is 18.2. The highest BCUT2D eigenvalue weighted by molar-refractivity contribution is 6.36. The Morgan fingerprint density at radius 3 is 2.64 bits per heavy atom. The number of aliphatic imine (C=N–C) groups is 1. The van der Waals surface area contributed by atoms with Crippen LogP contribution in [0, 0.1) is 5.82 Å². The van der Waals surface area contributed by atoms with Crippen LogP contribution < -0.4 is 11.1 Å². The Balaban J connectivity index is 1.75. The minimum absolute atomic E-state index is 0.00235. The van der Waals surface area contributed by atoms with Gasteiger partial charge in [0, 0.05) is 17.4 Å². The Morgan fingerprint density at radius 1 is 1.24 bits per heavy atom. The number of alkyl halides is 3. The van der Waals surface area contributed by atoms with Crippen molar-refractivity contribution in [3.05, 3.63) is 75.0 Å². The molecular weight excluding hydrogens is 487 g/mol. The van der Waals surface area contributed by atoms with Crippen molar-refractivity contribution in [1.29, 1.82) is 0 Å². The first-order valence-corrected chi connectivity index (χ1v) is 10.1. The molecule has 172 valence electrons. The quantitative estimate of drug-likeness (QED) is 0.512. The van der Waals surface area contributed by atoms with E-state index in [0.717, 1.165) is 16.8 Å². The van der Waals surface area contributed by atoms with Gasteiger partial charge < -0.3 is 11.1 Å². The van der Waals surface area contributed by atoms with E-state index in [1.165, 1.54) is 31.3 Å². The molecule has 13 heteroatoms. The van der Waals surface area contributed by atoms with Gasteiger partial charge in [0.05, 0.1) is 22.3 Å². The van der Waals surface area contributed by atoms with Crippen LogP contribution in [-0.2, 0) is 18.3 Å². The van der Waals surface area contributed by atoms with E-state index in [1.807, 2.05) is 0 Å². The summed E-state index contributed by atoms with van der Waals surface area (Å²) in [4.78, 5) is 20.7. The number of carbonyl (C=O) groups is 1. The molecule has 1 aromatic carbocycles. The molecule has 1 atom stereocenters. The summed E-state index contributed by atoms with van der Waals surface area (Å²) >= 11 is 11.8. The molecule has 1 aliphatic heterocycles. The number of benzene rings is 1. The largest absolute Gasteiger partial charge is 0.435 e. The van der Waals surface area contributed by atoms with Crippen molar-refractivity contribution in [3.8, 4) is 0 Å². The predicted octanol–water partition coefficient (Wildman–Crippen LogP) is 4.63. The highest BCUT2D eigenvalue weighted by Gasteiger charge is 2.42. The topological polar surface area (TPSA) is 98.2 Å². The van der Waals surface area contributed by atoms with Crippen LogP contribution in [0.25, 0.3) is 0 Å². The number of nitrogens with zero attached hydrogens (tertiary/aromatic N) is 4. The molecule has 0 bridgehead atoms. The summed E-state index contributed by atoms with van der Waals surface area (Å²) in [5.74, 6) is -1.50. The van der Waals surface area contributed by atoms with Crippen LogP contribution in [-0.4, -0.2) is 26.5 Å². The molecule has 0 saturated heterocycles. The lowest BCUT2D eigenvalue weighted by atomic mass is 9.87. The number of hydrogen-bond donors (Lipinski definition) is 2. The number of nitrogens with one attached hydrogen (secondary N) is 1. The highest BCUT2D eigenvalue weighted by atomic mass is 35.5. The Bertz CT molecular complexity index is 1310. The molecule has 1 amide bonds. The Hall–Kier alpha value is -3.18. The van der Waals surface area contributed by atoms with Crippen LogP contribution in [0.2, 0.25) is 10.0 Å². The molecule has 0 aliphatic carbocycles. The number of rotatable bonds is 3. The van der Waals surface area contributed by atoms with Gasteiger partial charge in [-0.15, -0.1) is 0 Å². The van der Waals surface area contributed by atoms with E-state index in [2.05, 4.69) is 20.4 Å². The van der Waals surface area contributed by atoms with Gasteiger partial charge in [-0.3, -0.25) is 14.5 Å². The van der Waals surface area contributed by atoms with Crippen molar-refractivity contribution in [2.45, 2.75) is 25.2 Å². The van der Waals surface area contributed by atoms with Gasteiger partial charge in [-0.2, -0.15) is 18.3 Å². The van der Waals surface area contributed by atoms with Crippen molar-refractivity contribution in [1.82, 2.24) is 14.8 Å². The van der Waals surface area contributed by atoms with Crippen molar-refractivity contribution in [2.24, 2.45) is 10.7 Å². The molecule has 0 radical (unpaired) electrons. The molecule has 4 rings (SSSR count). The summed E-state index contributed by atoms with van der Waals surface area (Å²) < 4.78 is 55.7. The van der Waals surface area contributed by atoms with Gasteiger partial charge in [0.15, 0.2) is 5.69 Å². The van der Waals surface area contributed by atoms with E-state index < -0.39 is 29.1 Å². The van der Waals surface area contributed by atoms with E-state index in [4.69, 9.17) is 28.9 Å². The fourth-order valence-electron chi connectivity index (χ4n) is 3.55. The second kappa shape index (κ2) is 7.99. The van der Waals surface area contributed by atoms with Crippen molar-refractivity contribution >= 4 is 40.6 Å². The molecular formula is C20H14Cl2F4N6O. The van der Waals surface area contributed by atoms with Gasteiger partial charge >= 0.3 is 6.18 Å². The van der Waals surface area contributed by atoms with Crippen LogP contribution in [0.4, 0.5) is 23.2 Å². The lowest BCUT2D eigenvalue weighted by molar-refractivity contribution is -0.141. The SMILES string of the molecule is CC1(c2cc(NC(=O)c3ncc(Cl)cc3Cl)ccc2F)N=C(N)Cn2nc(C(F)(F)F)cc21. The molecule has 7 nitrogen and oxygen atoms in total. The number of amidine groups is 1. The molecule has 0 saturated carbocycles. The number of fused-ring (bicyclic) bond motifs is 1. The van der Waals surface area contributed by atoms with Gasteiger partial charge in [0.25, 0.3) is 5.91 Å². The smallest absolute Gasteiger partial charge is 0.386 e. The summed E-state index contributed by atoms with van der Waals surface area (Å²) in [7, 11) is 0. The zero-order chi connectivity index (χ0) is 24.1. The first kappa shape index (κ1) is 23.0. The summed E-state index contributed by atoms with van der Waals surface area (Å²) in [6, 6.07) is 5.72. The Morgan fingerprint density at radius 2 is 1.97 bits per heavy atom. The molecule has 1 aliphatic rings. The molecule has 3 heterocycles. The number of amides is 1. The predicted molar refractivity (Wildman–Crippen MR) is 114 cm³/mol. The minimum atomic E-state index is -4.71. The molecule has 33 heavy (non-hydrogen) atoms. The molecule has 3 N–H and O–H groups in total. The maximum Gasteiger partial charge on any atom is 0.435 e. The highest BCUT2D eigenvalue weighted by Crippen LogP contribution is 2.41. The monoisotopic (exact) mass is 500 g/mol. The van der Waals surface area contributed by atoms with E-state index in [-0.39, 0.29) is 45.1 Å². The van der Waals surface area contributed by atoms with Gasteiger partial charge in [0.2, 0.25) is 0 Å². The molecule has 2 aromatic heterocycles. The average Bonchev–Trinajstić information content (AvgIpc) is 3.14. The second-order valence-electron chi connectivity index (χ2n) is 7.38. The van der Waals surface area contributed by atoms with Crippen LogP contribution in [0.3, 0.4) is 0 Å². The van der Waals surface area contributed by atoms with E-state index in [9.17, 15) is 22.4 Å². The number of pyridine rings is 1. The number of nitrogens with two attached hydrogens (primary N) is 1. The van der Waals surface area contributed by atoms with Gasteiger partial charge in [-0.1, -0.05) is 23.2 Å². The summed E-state index contributed by atoms with van der Waals surface area (Å²) in [5, 5.41) is 6.32. The van der Waals surface area contributed by atoms with Gasteiger partial charge in [0.1, 0.15) is 22.9 Å².